The highest BCUT2D eigenvalue weighted by Gasteiger charge is 2.44. The molecule has 0 atom stereocenters. The zero-order valence-electron chi connectivity index (χ0n) is 31.0. The summed E-state index contributed by atoms with van der Waals surface area (Å²) in [7, 11) is -1.67. The number of rotatable bonds is 22. The lowest BCUT2D eigenvalue weighted by Crippen LogP contribution is -3.00. The number of unbranched alkanes of at least 4 members (excludes halogenated alkanes) is 9. The zero-order chi connectivity index (χ0) is 34.8. The average molecular weight is 909 g/mol. The average Bonchev–Trinajstić information content (AvgIpc) is 3.14. The maximum atomic E-state index is 8.42. The molecule has 0 saturated carbocycles. The Labute approximate surface area is 334 Å². The van der Waals surface area contributed by atoms with Crippen LogP contribution < -0.4 is 39.9 Å². The highest BCUT2D eigenvalue weighted by atomic mass is 127. The SMILES string of the molecule is CCCCC/C=C\CCI.CCCCC/C=C\CCO.CCCCC/C=C\CC[P+](c1ccccc1)(c1ccccc1)c1ccccc1.[I-]. The van der Waals surface area contributed by atoms with Crippen molar-refractivity contribution in [2.24, 2.45) is 0 Å². The minimum Gasteiger partial charge on any atom is -1.00 e. The van der Waals surface area contributed by atoms with Gasteiger partial charge in [-0.2, -0.15) is 0 Å². The summed E-state index contributed by atoms with van der Waals surface area (Å²) in [6.07, 6.45) is 33.6. The van der Waals surface area contributed by atoms with Crippen LogP contribution in [0.15, 0.2) is 127 Å². The smallest absolute Gasteiger partial charge is 0.112 e. The van der Waals surface area contributed by atoms with E-state index in [0.29, 0.717) is 0 Å². The van der Waals surface area contributed by atoms with E-state index in [1.807, 2.05) is 0 Å². The fourth-order valence-electron chi connectivity index (χ4n) is 5.53. The van der Waals surface area contributed by atoms with Gasteiger partial charge in [-0.15, -0.1) is 0 Å². The number of aliphatic hydroxyl groups is 1. The van der Waals surface area contributed by atoms with Crippen LogP contribution in [0.4, 0.5) is 0 Å². The number of benzene rings is 3. The first-order chi connectivity index (χ1) is 23.7. The summed E-state index contributed by atoms with van der Waals surface area (Å²) in [5.41, 5.74) is 0. The molecule has 0 heterocycles. The number of allylic oxidation sites excluding steroid dienone is 5. The standard InChI is InChI=1S/C27H32P.C9H17I.C9H18O.HI/c1-2-3-4-5-6-7-17-24-28(25-18-11-8-12-19-25,26-20-13-9-14-21-26)27-22-15-10-16-23-27;2*1-2-3-4-5-6-7-8-9-10;/h6-16,18-23H,2-5,17,24H2,1H3;6-7H,2-5,8-9H2,1H3;6-7,10H,2-5,8-9H2,1H3;1H/q+1;;;/p-1/b3*7-6-;. The maximum absolute atomic E-state index is 8.42. The lowest BCUT2D eigenvalue weighted by Gasteiger charge is -2.27. The van der Waals surface area contributed by atoms with Crippen LogP contribution in [-0.4, -0.2) is 22.3 Å². The van der Waals surface area contributed by atoms with Gasteiger partial charge in [0.05, 0.1) is 6.16 Å². The van der Waals surface area contributed by atoms with E-state index in [0.717, 1.165) is 12.8 Å². The molecule has 4 heteroatoms. The summed E-state index contributed by atoms with van der Waals surface area (Å²) in [6.45, 7) is 7.00. The summed E-state index contributed by atoms with van der Waals surface area (Å²) in [4.78, 5) is 0. The molecule has 272 valence electrons. The Morgan fingerprint density at radius 1 is 0.469 bits per heavy atom. The maximum Gasteiger partial charge on any atom is 0.112 e. The second kappa shape index (κ2) is 35.1. The van der Waals surface area contributed by atoms with E-state index in [-0.39, 0.29) is 30.6 Å². The van der Waals surface area contributed by atoms with Crippen molar-refractivity contribution in [1.29, 1.82) is 0 Å². The van der Waals surface area contributed by atoms with E-state index in [2.05, 4.69) is 171 Å². The summed E-state index contributed by atoms with van der Waals surface area (Å²) in [5.74, 6) is 0. The summed E-state index contributed by atoms with van der Waals surface area (Å²) in [6, 6.07) is 33.5. The first kappa shape index (κ1) is 47.7. The van der Waals surface area contributed by atoms with Crippen LogP contribution in [0.3, 0.4) is 0 Å². The number of hydrogen-bond acceptors (Lipinski definition) is 1. The Bertz CT molecular complexity index is 1060. The molecule has 0 spiro atoms. The van der Waals surface area contributed by atoms with E-state index in [1.54, 1.807) is 0 Å². The number of aliphatic hydroxyl groups excluding tert-OH is 1. The van der Waals surface area contributed by atoms with Crippen LogP contribution in [0.5, 0.6) is 0 Å². The van der Waals surface area contributed by atoms with Crippen molar-refractivity contribution >= 4 is 45.8 Å². The van der Waals surface area contributed by atoms with Crippen molar-refractivity contribution in [3.05, 3.63) is 127 Å². The molecule has 1 nitrogen and oxygen atoms in total. The number of halogens is 2. The Morgan fingerprint density at radius 2 is 0.796 bits per heavy atom. The lowest BCUT2D eigenvalue weighted by molar-refractivity contribution is -0.0000110. The van der Waals surface area contributed by atoms with Crippen LogP contribution in [-0.2, 0) is 0 Å². The minimum atomic E-state index is -1.67. The molecule has 0 aromatic heterocycles. The van der Waals surface area contributed by atoms with Crippen LogP contribution >= 0.6 is 29.9 Å². The highest BCUT2D eigenvalue weighted by Crippen LogP contribution is 2.55. The van der Waals surface area contributed by atoms with Gasteiger partial charge in [0.25, 0.3) is 0 Å². The molecule has 0 saturated heterocycles. The first-order valence-corrected chi connectivity index (χ1v) is 22.4. The second-order valence-electron chi connectivity index (χ2n) is 12.2. The largest absolute Gasteiger partial charge is 1.00 e. The molecule has 0 unspecified atom stereocenters. The van der Waals surface area contributed by atoms with Gasteiger partial charge >= 0.3 is 0 Å². The van der Waals surface area contributed by atoms with Gasteiger partial charge in [-0.3, -0.25) is 0 Å². The van der Waals surface area contributed by atoms with Gasteiger partial charge in [-0.1, -0.05) is 173 Å². The quantitative estimate of drug-likeness (QED) is 0.0350. The lowest BCUT2D eigenvalue weighted by atomic mass is 10.2. The van der Waals surface area contributed by atoms with Gasteiger partial charge in [0.1, 0.15) is 23.2 Å². The van der Waals surface area contributed by atoms with Gasteiger partial charge in [0, 0.05) is 17.5 Å². The third-order valence-corrected chi connectivity index (χ3v) is 13.3. The van der Waals surface area contributed by atoms with E-state index < -0.39 is 7.26 Å². The zero-order valence-corrected chi connectivity index (χ0v) is 36.2. The fourth-order valence-corrected chi connectivity index (χ4v) is 10.1. The molecule has 0 bridgehead atoms. The van der Waals surface area contributed by atoms with Crippen molar-refractivity contribution in [2.75, 3.05) is 17.2 Å². The molecule has 49 heavy (non-hydrogen) atoms. The van der Waals surface area contributed by atoms with Crippen LogP contribution in [0.1, 0.15) is 117 Å². The molecule has 0 aliphatic carbocycles. The van der Waals surface area contributed by atoms with E-state index in [1.165, 1.54) is 110 Å². The van der Waals surface area contributed by atoms with Crippen LogP contribution in [0.2, 0.25) is 0 Å². The molecule has 0 amide bonds. The summed E-state index contributed by atoms with van der Waals surface area (Å²) in [5, 5.41) is 12.9. The molecule has 0 aliphatic heterocycles. The third-order valence-electron chi connectivity index (χ3n) is 8.22. The van der Waals surface area contributed by atoms with Gasteiger partial charge in [-0.25, -0.2) is 0 Å². The second-order valence-corrected chi connectivity index (χ2v) is 16.9. The molecule has 0 radical (unpaired) electrons. The number of alkyl halides is 1. The first-order valence-electron chi connectivity index (χ1n) is 18.9. The van der Waals surface area contributed by atoms with Crippen LogP contribution in [0, 0.1) is 0 Å². The molecule has 0 aliphatic rings. The minimum absolute atomic E-state index is 0. The Kier molecular flexibility index (Phi) is 34.2. The molecule has 3 rings (SSSR count). The highest BCUT2D eigenvalue weighted by molar-refractivity contribution is 14.1. The van der Waals surface area contributed by atoms with Gasteiger partial charge in [0.2, 0.25) is 0 Å². The molecular weight excluding hydrogens is 841 g/mol. The molecule has 3 aromatic carbocycles. The van der Waals surface area contributed by atoms with Crippen molar-refractivity contribution < 1.29 is 29.1 Å². The molecule has 1 N–H and O–H groups in total. The van der Waals surface area contributed by atoms with Crippen molar-refractivity contribution in [2.45, 2.75) is 117 Å². The Balaban J connectivity index is 0.000000907. The van der Waals surface area contributed by atoms with E-state index >= 15 is 0 Å². The van der Waals surface area contributed by atoms with Gasteiger partial charge < -0.3 is 29.1 Å². The number of hydrogen-bond donors (Lipinski definition) is 1. The van der Waals surface area contributed by atoms with Crippen molar-refractivity contribution in [3.63, 3.8) is 0 Å². The predicted molar refractivity (Wildman–Crippen MR) is 230 cm³/mol. The van der Waals surface area contributed by atoms with Gasteiger partial charge in [0.15, 0.2) is 0 Å². The molecular formula is C45H67I2OP. The predicted octanol–water partition coefficient (Wildman–Crippen LogP) is 9.96. The Hall–Kier alpha value is -1.27. The third kappa shape index (κ3) is 22.3. The van der Waals surface area contributed by atoms with Crippen molar-refractivity contribution in [3.8, 4) is 0 Å². The fraction of sp³-hybridized carbons (Fsp3) is 0.467. The Morgan fingerprint density at radius 3 is 1.12 bits per heavy atom. The van der Waals surface area contributed by atoms with E-state index in [9.17, 15) is 0 Å². The van der Waals surface area contributed by atoms with E-state index in [4.69, 9.17) is 5.11 Å². The summed E-state index contributed by atoms with van der Waals surface area (Å²) < 4.78 is 1.25. The molecule has 0 fully saturated rings. The van der Waals surface area contributed by atoms with Crippen molar-refractivity contribution in [1.82, 2.24) is 0 Å². The molecule has 3 aromatic rings. The monoisotopic (exact) mass is 908 g/mol. The van der Waals surface area contributed by atoms with Gasteiger partial charge in [-0.05, 0) is 87.8 Å². The normalized spacial score (nSPS) is 11.2. The van der Waals surface area contributed by atoms with Crippen LogP contribution in [0.25, 0.3) is 0 Å². The topological polar surface area (TPSA) is 20.2 Å². The summed E-state index contributed by atoms with van der Waals surface area (Å²) >= 11 is 2.40.